The molecule has 3 aromatic rings. The number of benzene rings is 2. The molecule has 5 N–H and O–H groups in total. The number of amides is 3. The van der Waals surface area contributed by atoms with Crippen molar-refractivity contribution in [2.45, 2.75) is 25.0 Å². The van der Waals surface area contributed by atoms with Gasteiger partial charge >= 0.3 is 6.03 Å². The predicted octanol–water partition coefficient (Wildman–Crippen LogP) is 1.83. The fourth-order valence-corrected chi connectivity index (χ4v) is 4.85. The number of carbonyl (C=O) groups excluding carboxylic acids is 2. The zero-order valence-corrected chi connectivity index (χ0v) is 17.9. The number of aliphatic hydroxyl groups excluding tert-OH is 1. The quantitative estimate of drug-likeness (QED) is 0.416. The predicted molar refractivity (Wildman–Crippen MR) is 120 cm³/mol. The number of quaternary nitrogens is 1. The molecule has 1 aromatic heterocycles. The van der Waals surface area contributed by atoms with Gasteiger partial charge in [0.25, 0.3) is 5.91 Å². The lowest BCUT2D eigenvalue weighted by atomic mass is 9.83. The van der Waals surface area contributed by atoms with Gasteiger partial charge in [-0.15, -0.1) is 6.42 Å². The van der Waals surface area contributed by atoms with Gasteiger partial charge in [-0.25, -0.2) is 13.9 Å². The number of nitrogens with zero attached hydrogens (tertiary/aromatic N) is 3. The topological polar surface area (TPSA) is 124 Å². The number of aromatic nitrogens is 2. The fraction of sp³-hybridized carbons (Fsp3) is 0.208. The Bertz CT molecular complexity index is 1300. The molecule has 0 spiro atoms. The van der Waals surface area contributed by atoms with E-state index in [-0.39, 0.29) is 24.2 Å². The third-order valence-corrected chi connectivity index (χ3v) is 6.31. The zero-order chi connectivity index (χ0) is 24.0. The van der Waals surface area contributed by atoms with Crippen LogP contribution in [0.5, 0.6) is 0 Å². The van der Waals surface area contributed by atoms with Crippen LogP contribution in [0.15, 0.2) is 54.7 Å². The lowest BCUT2D eigenvalue weighted by Gasteiger charge is -2.42. The molecule has 3 amide bonds. The average molecular weight is 448 g/mol. The minimum absolute atomic E-state index is 0.140. The Morgan fingerprint density at radius 2 is 1.94 bits per heavy atom. The smallest absolute Gasteiger partial charge is 0.387 e. The van der Waals surface area contributed by atoms with E-state index in [2.05, 4.69) is 11.0 Å². The summed E-state index contributed by atoms with van der Waals surface area (Å²) >= 11 is 0. The number of rotatable bonds is 4. The number of primary amides is 2. The second-order valence-electron chi connectivity index (χ2n) is 8.17. The summed E-state index contributed by atoms with van der Waals surface area (Å²) in [6.45, 7) is 1.54. The van der Waals surface area contributed by atoms with Crippen LogP contribution in [0.1, 0.15) is 23.2 Å². The van der Waals surface area contributed by atoms with E-state index in [0.717, 1.165) is 5.69 Å². The molecule has 1 saturated heterocycles. The van der Waals surface area contributed by atoms with E-state index in [9.17, 15) is 14.7 Å². The molecule has 9 heteroatoms. The summed E-state index contributed by atoms with van der Waals surface area (Å²) in [6, 6.07) is 11.2. The lowest BCUT2D eigenvalue weighted by Crippen LogP contribution is -2.70. The van der Waals surface area contributed by atoms with E-state index in [1.807, 2.05) is 0 Å². The molecule has 8 nitrogen and oxygen atoms in total. The number of halogens is 1. The van der Waals surface area contributed by atoms with Crippen LogP contribution in [0.25, 0.3) is 5.69 Å². The standard InChI is InChI=1S/C24H22FN5O3/c1-3-16-4-7-18(8-5-16)30(23(27)33)14-19(31)13-24(30,22(26)32)20-9-6-17(12-21(20)25)29-11-10-15(2)28-29/h1,4-12,19,31H,13-14H2,2H3,(H3-,26,27,32,33)/p+1/t19-,24-,30?/m1/s1. The van der Waals surface area contributed by atoms with E-state index >= 15 is 4.39 Å². The number of nitrogens with two attached hydrogens (primary N) is 2. The molecule has 0 aliphatic carbocycles. The SMILES string of the molecule is C#Cc1ccc([N+]2(C(N)=O)C[C@H](O)C[C@]2(C(N)=O)c2ccc(-n3ccc(C)n3)cc2F)cc1. The Morgan fingerprint density at radius 1 is 1.24 bits per heavy atom. The normalized spacial score (nSPS) is 24.4. The van der Waals surface area contributed by atoms with Crippen molar-refractivity contribution in [2.24, 2.45) is 11.5 Å². The first-order valence-corrected chi connectivity index (χ1v) is 10.2. The van der Waals surface area contributed by atoms with Crippen LogP contribution in [0.4, 0.5) is 14.9 Å². The van der Waals surface area contributed by atoms with Gasteiger partial charge < -0.3 is 16.6 Å². The molecular formula is C24H23FN5O3+. The van der Waals surface area contributed by atoms with Gasteiger partial charge in [0, 0.05) is 36.4 Å². The van der Waals surface area contributed by atoms with Crippen molar-refractivity contribution in [1.29, 1.82) is 0 Å². The largest absolute Gasteiger partial charge is 0.420 e. The highest BCUT2D eigenvalue weighted by molar-refractivity contribution is 5.99. The van der Waals surface area contributed by atoms with Gasteiger partial charge in [-0.1, -0.05) is 5.92 Å². The molecular weight excluding hydrogens is 425 g/mol. The van der Waals surface area contributed by atoms with Gasteiger partial charge in [-0.05, 0) is 37.3 Å². The van der Waals surface area contributed by atoms with Crippen LogP contribution in [-0.2, 0) is 10.3 Å². The van der Waals surface area contributed by atoms with Crippen LogP contribution >= 0.6 is 0 Å². The van der Waals surface area contributed by atoms with Crippen molar-refractivity contribution < 1.29 is 19.1 Å². The summed E-state index contributed by atoms with van der Waals surface area (Å²) in [5.41, 5.74) is 11.6. The van der Waals surface area contributed by atoms with Gasteiger partial charge in [0.2, 0.25) is 5.54 Å². The molecule has 1 aliphatic rings. The maximum absolute atomic E-state index is 15.6. The van der Waals surface area contributed by atoms with E-state index in [1.54, 1.807) is 37.4 Å². The Kier molecular flexibility index (Phi) is 5.28. The molecule has 4 rings (SSSR count). The van der Waals surface area contributed by atoms with Crippen molar-refractivity contribution in [3.8, 4) is 18.0 Å². The van der Waals surface area contributed by atoms with Gasteiger partial charge in [0.15, 0.2) is 0 Å². The van der Waals surface area contributed by atoms with Gasteiger partial charge in [0.05, 0.1) is 16.9 Å². The van der Waals surface area contributed by atoms with E-state index in [4.69, 9.17) is 17.9 Å². The minimum atomic E-state index is -1.98. The molecule has 33 heavy (non-hydrogen) atoms. The summed E-state index contributed by atoms with van der Waals surface area (Å²) in [5, 5.41) is 14.9. The average Bonchev–Trinajstić information content (AvgIpc) is 3.35. The number of aryl methyl sites for hydroxylation is 1. The third kappa shape index (κ3) is 3.19. The number of hydrogen-bond acceptors (Lipinski definition) is 4. The second-order valence-corrected chi connectivity index (χ2v) is 8.17. The number of carbonyl (C=O) groups is 2. The first-order chi connectivity index (χ1) is 15.7. The monoisotopic (exact) mass is 448 g/mol. The molecule has 0 bridgehead atoms. The molecule has 1 aliphatic heterocycles. The van der Waals surface area contributed by atoms with E-state index < -0.39 is 33.9 Å². The number of hydrogen-bond donors (Lipinski definition) is 3. The zero-order valence-electron chi connectivity index (χ0n) is 17.9. The fourth-order valence-electron chi connectivity index (χ4n) is 4.85. The van der Waals surface area contributed by atoms with Crippen LogP contribution in [0.3, 0.4) is 0 Å². The summed E-state index contributed by atoms with van der Waals surface area (Å²) in [7, 11) is 0. The highest BCUT2D eigenvalue weighted by Gasteiger charge is 2.69. The van der Waals surface area contributed by atoms with Crippen molar-refractivity contribution in [3.05, 3.63) is 77.4 Å². The Hall–Kier alpha value is -4.00. The third-order valence-electron chi connectivity index (χ3n) is 6.31. The van der Waals surface area contributed by atoms with Crippen LogP contribution in [-0.4, -0.2) is 39.5 Å². The summed E-state index contributed by atoms with van der Waals surface area (Å²) in [6.07, 6.45) is 5.66. The highest BCUT2D eigenvalue weighted by Crippen LogP contribution is 2.49. The lowest BCUT2D eigenvalue weighted by molar-refractivity contribution is -0.127. The Labute approximate surface area is 189 Å². The summed E-state index contributed by atoms with van der Waals surface area (Å²) in [4.78, 5) is 26.1. The summed E-state index contributed by atoms with van der Waals surface area (Å²) < 4.78 is 16.3. The molecule has 1 fully saturated rings. The maximum atomic E-state index is 15.6. The van der Waals surface area contributed by atoms with Gasteiger partial charge in [-0.2, -0.15) is 9.58 Å². The van der Waals surface area contributed by atoms with Gasteiger partial charge in [0.1, 0.15) is 24.2 Å². The van der Waals surface area contributed by atoms with Crippen molar-refractivity contribution in [1.82, 2.24) is 14.3 Å². The number of likely N-dealkylation sites (tertiary alicyclic amines) is 1. The van der Waals surface area contributed by atoms with Crippen LogP contribution in [0.2, 0.25) is 0 Å². The number of aliphatic hydroxyl groups is 1. The highest BCUT2D eigenvalue weighted by atomic mass is 19.1. The maximum Gasteiger partial charge on any atom is 0.420 e. The molecule has 1 unspecified atom stereocenters. The summed E-state index contributed by atoms with van der Waals surface area (Å²) in [5.74, 6) is 0.705. The minimum Gasteiger partial charge on any atom is -0.387 e. The molecule has 2 aromatic carbocycles. The first-order valence-electron chi connectivity index (χ1n) is 10.2. The van der Waals surface area contributed by atoms with Crippen LogP contribution in [0, 0.1) is 25.1 Å². The molecule has 168 valence electrons. The molecule has 0 radical (unpaired) electrons. The Balaban J connectivity index is 1.97. The molecule has 0 saturated carbocycles. The van der Waals surface area contributed by atoms with Crippen molar-refractivity contribution >= 4 is 17.6 Å². The molecule has 3 atom stereocenters. The van der Waals surface area contributed by atoms with E-state index in [1.165, 1.54) is 28.9 Å². The van der Waals surface area contributed by atoms with Crippen molar-refractivity contribution in [2.75, 3.05) is 6.54 Å². The molecule has 2 heterocycles. The van der Waals surface area contributed by atoms with Crippen molar-refractivity contribution in [3.63, 3.8) is 0 Å². The first kappa shape index (κ1) is 22.2. The van der Waals surface area contributed by atoms with E-state index in [0.29, 0.717) is 11.3 Å². The number of urea groups is 1. The van der Waals surface area contributed by atoms with Gasteiger partial charge in [-0.3, -0.25) is 4.79 Å². The number of terminal acetylenes is 1. The Morgan fingerprint density at radius 3 is 2.45 bits per heavy atom. The van der Waals surface area contributed by atoms with Crippen LogP contribution < -0.4 is 16.0 Å². The second kappa shape index (κ2) is 7.85.